The first-order valence-corrected chi connectivity index (χ1v) is 7.87. The first kappa shape index (κ1) is 15.6. The van der Waals surface area contributed by atoms with Crippen molar-refractivity contribution in [1.29, 1.82) is 0 Å². The molecule has 3 nitrogen and oxygen atoms in total. The molecule has 2 aromatic heterocycles. The molecule has 2 rings (SSSR count). The van der Waals surface area contributed by atoms with E-state index in [-0.39, 0.29) is 0 Å². The maximum absolute atomic E-state index is 5.50. The molecule has 0 atom stereocenters. The first-order chi connectivity index (χ1) is 10.3. The number of pyridine rings is 2. The fourth-order valence-corrected chi connectivity index (χ4v) is 2.45. The number of aryl methyl sites for hydroxylation is 2. The maximum atomic E-state index is 5.50. The summed E-state index contributed by atoms with van der Waals surface area (Å²) in [6.07, 6.45) is 11.1. The minimum Gasteiger partial charge on any atom is -0.330 e. The summed E-state index contributed by atoms with van der Waals surface area (Å²) in [5.74, 6) is 0. The third-order valence-corrected chi connectivity index (χ3v) is 3.67. The molecule has 0 amide bonds. The van der Waals surface area contributed by atoms with Crippen LogP contribution in [0.5, 0.6) is 0 Å². The van der Waals surface area contributed by atoms with Gasteiger partial charge in [0.1, 0.15) is 0 Å². The van der Waals surface area contributed by atoms with E-state index in [4.69, 9.17) is 5.73 Å². The zero-order valence-corrected chi connectivity index (χ0v) is 12.9. The van der Waals surface area contributed by atoms with Crippen molar-refractivity contribution in [2.24, 2.45) is 5.73 Å². The Morgan fingerprint density at radius 1 is 0.857 bits per heavy atom. The molecular weight excluding hydrogens is 258 g/mol. The van der Waals surface area contributed by atoms with E-state index >= 15 is 0 Å². The molecule has 0 aliphatic rings. The Hall–Kier alpha value is -1.74. The molecule has 112 valence electrons. The minimum atomic E-state index is 0.817. The van der Waals surface area contributed by atoms with Crippen molar-refractivity contribution in [3.8, 4) is 11.4 Å². The van der Waals surface area contributed by atoms with Gasteiger partial charge in [0.15, 0.2) is 0 Å². The van der Waals surface area contributed by atoms with Gasteiger partial charge in [-0.15, -0.1) is 0 Å². The van der Waals surface area contributed by atoms with Crippen LogP contribution < -0.4 is 5.73 Å². The maximum Gasteiger partial charge on any atom is 0.0888 e. The molecule has 0 fully saturated rings. The van der Waals surface area contributed by atoms with Crippen molar-refractivity contribution in [3.05, 3.63) is 47.8 Å². The van der Waals surface area contributed by atoms with E-state index in [1.165, 1.54) is 36.8 Å². The second kappa shape index (κ2) is 8.53. The number of nitrogens with zero attached hydrogens (tertiary/aromatic N) is 2. The highest BCUT2D eigenvalue weighted by Crippen LogP contribution is 2.17. The summed E-state index contributed by atoms with van der Waals surface area (Å²) >= 11 is 0. The molecule has 0 unspecified atom stereocenters. The van der Waals surface area contributed by atoms with Crippen LogP contribution in [0.3, 0.4) is 0 Å². The van der Waals surface area contributed by atoms with Crippen molar-refractivity contribution in [1.82, 2.24) is 9.97 Å². The summed E-state index contributed by atoms with van der Waals surface area (Å²) in [6.45, 7) is 2.90. The average molecular weight is 283 g/mol. The number of nitrogens with two attached hydrogens (primary N) is 1. The first-order valence-electron chi connectivity index (χ1n) is 7.87. The summed E-state index contributed by atoms with van der Waals surface area (Å²) in [5.41, 5.74) is 10.00. The Kier molecular flexibility index (Phi) is 6.35. The lowest BCUT2D eigenvalue weighted by Crippen LogP contribution is -1.97. The van der Waals surface area contributed by atoms with Crippen molar-refractivity contribution >= 4 is 0 Å². The van der Waals surface area contributed by atoms with E-state index in [0.717, 1.165) is 30.8 Å². The molecule has 0 aromatic carbocycles. The van der Waals surface area contributed by atoms with E-state index in [1.807, 2.05) is 18.5 Å². The fourth-order valence-electron chi connectivity index (χ4n) is 2.45. The summed E-state index contributed by atoms with van der Waals surface area (Å²) in [5, 5.41) is 0. The fraction of sp³-hybridized carbons (Fsp3) is 0.444. The molecule has 2 aromatic rings. The van der Waals surface area contributed by atoms with Gasteiger partial charge in [-0.25, -0.2) is 0 Å². The van der Waals surface area contributed by atoms with Crippen LogP contribution >= 0.6 is 0 Å². The van der Waals surface area contributed by atoms with Gasteiger partial charge in [-0.3, -0.25) is 9.97 Å². The molecule has 0 spiro atoms. The van der Waals surface area contributed by atoms with Crippen LogP contribution in [0.1, 0.15) is 43.2 Å². The molecule has 21 heavy (non-hydrogen) atoms. The molecule has 0 bridgehead atoms. The Bertz CT molecular complexity index is 552. The second-order valence-electron chi connectivity index (χ2n) is 5.57. The van der Waals surface area contributed by atoms with Gasteiger partial charge in [0.2, 0.25) is 0 Å². The van der Waals surface area contributed by atoms with Gasteiger partial charge in [0.05, 0.1) is 11.4 Å². The topological polar surface area (TPSA) is 51.8 Å². The summed E-state index contributed by atoms with van der Waals surface area (Å²) in [4.78, 5) is 8.85. The zero-order valence-electron chi connectivity index (χ0n) is 12.9. The third-order valence-electron chi connectivity index (χ3n) is 3.67. The van der Waals surface area contributed by atoms with Crippen LogP contribution in [-0.4, -0.2) is 16.5 Å². The van der Waals surface area contributed by atoms with Gasteiger partial charge < -0.3 is 5.73 Å². The van der Waals surface area contributed by atoms with Gasteiger partial charge in [-0.1, -0.05) is 19.3 Å². The molecule has 0 aliphatic carbocycles. The van der Waals surface area contributed by atoms with Crippen molar-refractivity contribution in [2.75, 3.05) is 6.54 Å². The van der Waals surface area contributed by atoms with Gasteiger partial charge in [0.25, 0.3) is 0 Å². The van der Waals surface area contributed by atoms with Crippen LogP contribution in [-0.2, 0) is 6.42 Å². The highest BCUT2D eigenvalue weighted by molar-refractivity contribution is 5.55. The Labute approximate surface area is 127 Å². The van der Waals surface area contributed by atoms with Gasteiger partial charge >= 0.3 is 0 Å². The van der Waals surface area contributed by atoms with E-state index in [0.29, 0.717) is 0 Å². The normalized spacial score (nSPS) is 10.8. The summed E-state index contributed by atoms with van der Waals surface area (Å²) in [7, 11) is 0. The molecule has 0 saturated carbocycles. The van der Waals surface area contributed by atoms with Gasteiger partial charge in [-0.05, 0) is 68.1 Å². The van der Waals surface area contributed by atoms with Gasteiger partial charge in [0, 0.05) is 12.4 Å². The highest BCUT2D eigenvalue weighted by Gasteiger charge is 2.02. The zero-order chi connectivity index (χ0) is 14.9. The minimum absolute atomic E-state index is 0.817. The quantitative estimate of drug-likeness (QED) is 0.747. The lowest BCUT2D eigenvalue weighted by atomic mass is 10.0. The lowest BCUT2D eigenvalue weighted by Gasteiger charge is -2.05. The lowest BCUT2D eigenvalue weighted by molar-refractivity contribution is 0.618. The third kappa shape index (κ3) is 5.27. The number of unbranched alkanes of at least 4 members (excludes halogenated alkanes) is 4. The number of hydrogen-bond acceptors (Lipinski definition) is 3. The molecule has 2 N–H and O–H groups in total. The van der Waals surface area contributed by atoms with E-state index in [2.05, 4.69) is 35.1 Å². The largest absolute Gasteiger partial charge is 0.330 e. The van der Waals surface area contributed by atoms with Gasteiger partial charge in [-0.2, -0.15) is 0 Å². The second-order valence-corrected chi connectivity index (χ2v) is 5.57. The molecular formula is C18H25N3. The summed E-state index contributed by atoms with van der Waals surface area (Å²) < 4.78 is 0. The number of aromatic nitrogens is 2. The van der Waals surface area contributed by atoms with Crippen molar-refractivity contribution in [2.45, 2.75) is 45.4 Å². The standard InChI is InChI=1S/C18H25N3/c1-15-8-11-20-17(13-15)18-14-16(9-12-21-18)7-5-3-2-4-6-10-19/h8-9,11-14H,2-7,10,19H2,1H3. The van der Waals surface area contributed by atoms with Crippen LogP contribution in [0.25, 0.3) is 11.4 Å². The Morgan fingerprint density at radius 2 is 1.52 bits per heavy atom. The predicted octanol–water partition coefficient (Wildman–Crippen LogP) is 3.90. The molecule has 0 radical (unpaired) electrons. The van der Waals surface area contributed by atoms with Crippen LogP contribution in [0.4, 0.5) is 0 Å². The van der Waals surface area contributed by atoms with Crippen molar-refractivity contribution in [3.63, 3.8) is 0 Å². The summed E-state index contributed by atoms with van der Waals surface area (Å²) in [6, 6.07) is 8.37. The highest BCUT2D eigenvalue weighted by atomic mass is 14.8. The van der Waals surface area contributed by atoms with Crippen LogP contribution in [0.2, 0.25) is 0 Å². The van der Waals surface area contributed by atoms with Crippen molar-refractivity contribution < 1.29 is 0 Å². The smallest absolute Gasteiger partial charge is 0.0888 e. The monoisotopic (exact) mass is 283 g/mol. The predicted molar refractivity (Wildman–Crippen MR) is 88.0 cm³/mol. The SMILES string of the molecule is Cc1ccnc(-c2cc(CCCCCCCN)ccn2)c1. The van der Waals surface area contributed by atoms with Crippen LogP contribution in [0.15, 0.2) is 36.7 Å². The van der Waals surface area contributed by atoms with E-state index < -0.39 is 0 Å². The molecule has 0 saturated heterocycles. The van der Waals surface area contributed by atoms with E-state index in [9.17, 15) is 0 Å². The number of hydrogen-bond donors (Lipinski definition) is 1. The average Bonchev–Trinajstić information content (AvgIpc) is 2.51. The van der Waals surface area contributed by atoms with Crippen LogP contribution in [0, 0.1) is 6.92 Å². The molecule has 0 aliphatic heterocycles. The molecule has 2 heterocycles. The Balaban J connectivity index is 1.89. The Morgan fingerprint density at radius 3 is 2.29 bits per heavy atom. The van der Waals surface area contributed by atoms with E-state index in [1.54, 1.807) is 0 Å². The molecule has 3 heteroatoms. The number of rotatable bonds is 8.